The van der Waals surface area contributed by atoms with Crippen LogP contribution < -0.4 is 5.32 Å². The van der Waals surface area contributed by atoms with Gasteiger partial charge in [0.2, 0.25) is 5.95 Å². The standard InChI is InChI=1S/C13H18BrN3S/c1-9(2)6-17-7-10(3)16-13(17)15-5-12-4-11(14)8-18-12/h4,7-9H,5-6H2,1-3H3,(H,15,16). The van der Waals surface area contributed by atoms with Gasteiger partial charge in [-0.05, 0) is 34.8 Å². The lowest BCUT2D eigenvalue weighted by atomic mass is 10.2. The summed E-state index contributed by atoms with van der Waals surface area (Å²) < 4.78 is 3.34. The van der Waals surface area contributed by atoms with Gasteiger partial charge >= 0.3 is 0 Å². The van der Waals surface area contributed by atoms with Crippen LogP contribution in [0.2, 0.25) is 0 Å². The van der Waals surface area contributed by atoms with Gasteiger partial charge in [-0.25, -0.2) is 4.98 Å². The second-order valence-electron chi connectivity index (χ2n) is 4.84. The summed E-state index contributed by atoms with van der Waals surface area (Å²) in [6.07, 6.45) is 2.10. The lowest BCUT2D eigenvalue weighted by Gasteiger charge is -2.11. The van der Waals surface area contributed by atoms with Gasteiger partial charge in [-0.2, -0.15) is 0 Å². The second-order valence-corrected chi connectivity index (χ2v) is 6.75. The molecule has 0 aromatic carbocycles. The lowest BCUT2D eigenvalue weighted by molar-refractivity contribution is 0.526. The molecule has 0 saturated carbocycles. The van der Waals surface area contributed by atoms with Crippen LogP contribution in [0.4, 0.5) is 5.95 Å². The van der Waals surface area contributed by atoms with Crippen molar-refractivity contribution in [3.8, 4) is 0 Å². The van der Waals surface area contributed by atoms with E-state index in [4.69, 9.17) is 0 Å². The summed E-state index contributed by atoms with van der Waals surface area (Å²) >= 11 is 5.22. The smallest absolute Gasteiger partial charge is 0.203 e. The number of thiophene rings is 1. The Morgan fingerprint density at radius 1 is 1.50 bits per heavy atom. The zero-order chi connectivity index (χ0) is 13.1. The number of anilines is 1. The van der Waals surface area contributed by atoms with Gasteiger partial charge < -0.3 is 9.88 Å². The topological polar surface area (TPSA) is 29.9 Å². The van der Waals surface area contributed by atoms with Crippen molar-refractivity contribution in [1.82, 2.24) is 9.55 Å². The Morgan fingerprint density at radius 2 is 2.28 bits per heavy atom. The van der Waals surface area contributed by atoms with Crippen molar-refractivity contribution in [2.24, 2.45) is 5.92 Å². The predicted octanol–water partition coefficient (Wildman–Crippen LogP) is 4.28. The van der Waals surface area contributed by atoms with Gasteiger partial charge in [0, 0.05) is 27.5 Å². The Labute approximate surface area is 120 Å². The molecule has 3 nitrogen and oxygen atoms in total. The highest BCUT2D eigenvalue weighted by Gasteiger charge is 2.07. The molecule has 0 atom stereocenters. The summed E-state index contributed by atoms with van der Waals surface area (Å²) in [5.41, 5.74) is 1.06. The van der Waals surface area contributed by atoms with Crippen molar-refractivity contribution in [3.05, 3.63) is 32.7 Å². The molecule has 0 saturated heterocycles. The molecule has 0 radical (unpaired) electrons. The van der Waals surface area contributed by atoms with E-state index in [-0.39, 0.29) is 0 Å². The fraction of sp³-hybridized carbons (Fsp3) is 0.462. The normalized spacial score (nSPS) is 11.2. The molecule has 0 aliphatic carbocycles. The maximum atomic E-state index is 4.53. The second kappa shape index (κ2) is 5.89. The van der Waals surface area contributed by atoms with E-state index in [1.165, 1.54) is 4.88 Å². The molecule has 2 heterocycles. The van der Waals surface area contributed by atoms with E-state index in [1.807, 2.05) is 6.92 Å². The number of nitrogens with zero attached hydrogens (tertiary/aromatic N) is 2. The van der Waals surface area contributed by atoms with Crippen molar-refractivity contribution in [3.63, 3.8) is 0 Å². The van der Waals surface area contributed by atoms with Crippen molar-refractivity contribution < 1.29 is 0 Å². The van der Waals surface area contributed by atoms with E-state index < -0.39 is 0 Å². The Bertz CT molecular complexity index is 516. The summed E-state index contributed by atoms with van der Waals surface area (Å²) in [5, 5.41) is 5.51. The van der Waals surface area contributed by atoms with Gasteiger partial charge in [-0.3, -0.25) is 0 Å². The third kappa shape index (κ3) is 3.59. The SMILES string of the molecule is Cc1cn(CC(C)C)c(NCc2cc(Br)cs2)n1. The Balaban J connectivity index is 2.04. The molecule has 0 fully saturated rings. The Kier molecular flexibility index (Phi) is 4.45. The van der Waals surface area contributed by atoms with Crippen LogP contribution in [-0.4, -0.2) is 9.55 Å². The number of hydrogen-bond acceptors (Lipinski definition) is 3. The van der Waals surface area contributed by atoms with Gasteiger partial charge in [-0.15, -0.1) is 11.3 Å². The first-order valence-corrected chi connectivity index (χ1v) is 7.72. The molecule has 98 valence electrons. The number of nitrogens with one attached hydrogen (secondary N) is 1. The average molecular weight is 328 g/mol. The van der Waals surface area contributed by atoms with Crippen LogP contribution in [0.15, 0.2) is 22.1 Å². The zero-order valence-corrected chi connectivity index (χ0v) is 13.3. The van der Waals surface area contributed by atoms with Gasteiger partial charge in [-0.1, -0.05) is 13.8 Å². The maximum Gasteiger partial charge on any atom is 0.203 e. The number of aryl methyl sites for hydroxylation is 1. The van der Waals surface area contributed by atoms with Gasteiger partial charge in [0.25, 0.3) is 0 Å². The minimum atomic E-state index is 0.620. The molecular weight excluding hydrogens is 310 g/mol. The molecule has 0 spiro atoms. The van der Waals surface area contributed by atoms with Crippen molar-refractivity contribution in [2.75, 3.05) is 5.32 Å². The number of aromatic nitrogens is 2. The predicted molar refractivity (Wildman–Crippen MR) is 81.1 cm³/mol. The Hall–Kier alpha value is -0.810. The fourth-order valence-electron chi connectivity index (χ4n) is 1.83. The van der Waals surface area contributed by atoms with E-state index in [2.05, 4.69) is 62.3 Å². The summed E-state index contributed by atoms with van der Waals surface area (Å²) in [7, 11) is 0. The molecule has 0 aliphatic rings. The molecule has 18 heavy (non-hydrogen) atoms. The highest BCUT2D eigenvalue weighted by Crippen LogP contribution is 2.21. The van der Waals surface area contributed by atoms with E-state index >= 15 is 0 Å². The van der Waals surface area contributed by atoms with Crippen LogP contribution >= 0.6 is 27.3 Å². The van der Waals surface area contributed by atoms with E-state index in [0.717, 1.165) is 29.2 Å². The first kappa shape index (κ1) is 13.6. The fourth-order valence-corrected chi connectivity index (χ4v) is 3.22. The molecule has 0 aliphatic heterocycles. The molecule has 0 bridgehead atoms. The molecular formula is C13H18BrN3S. The molecule has 2 aromatic heterocycles. The van der Waals surface area contributed by atoms with Crippen LogP contribution in [0.25, 0.3) is 0 Å². The number of imidazole rings is 1. The summed E-state index contributed by atoms with van der Waals surface area (Å²) in [5.74, 6) is 1.58. The first-order chi connectivity index (χ1) is 8.54. The van der Waals surface area contributed by atoms with E-state index in [1.54, 1.807) is 11.3 Å². The van der Waals surface area contributed by atoms with Crippen molar-refractivity contribution in [1.29, 1.82) is 0 Å². The number of hydrogen-bond donors (Lipinski definition) is 1. The maximum absolute atomic E-state index is 4.53. The molecule has 2 rings (SSSR count). The Morgan fingerprint density at radius 3 is 2.89 bits per heavy atom. The third-order valence-electron chi connectivity index (χ3n) is 2.50. The highest BCUT2D eigenvalue weighted by molar-refractivity contribution is 9.10. The van der Waals surface area contributed by atoms with Crippen LogP contribution in [0, 0.1) is 12.8 Å². The van der Waals surface area contributed by atoms with Crippen molar-refractivity contribution in [2.45, 2.75) is 33.9 Å². The van der Waals surface area contributed by atoms with Crippen LogP contribution in [0.5, 0.6) is 0 Å². The minimum Gasteiger partial charge on any atom is -0.351 e. The lowest BCUT2D eigenvalue weighted by Crippen LogP contribution is -2.09. The first-order valence-electron chi connectivity index (χ1n) is 6.05. The monoisotopic (exact) mass is 327 g/mol. The van der Waals surface area contributed by atoms with Gasteiger partial charge in [0.05, 0.1) is 12.2 Å². The highest BCUT2D eigenvalue weighted by atomic mass is 79.9. The van der Waals surface area contributed by atoms with Crippen LogP contribution in [-0.2, 0) is 13.1 Å². The average Bonchev–Trinajstić information content (AvgIpc) is 2.82. The summed E-state index contributed by atoms with van der Waals surface area (Å²) in [6.45, 7) is 8.29. The van der Waals surface area contributed by atoms with E-state index in [0.29, 0.717) is 5.92 Å². The number of halogens is 1. The third-order valence-corrected chi connectivity index (χ3v) is 4.20. The molecule has 0 amide bonds. The van der Waals surface area contributed by atoms with Crippen molar-refractivity contribution >= 4 is 33.2 Å². The number of rotatable bonds is 5. The molecule has 2 aromatic rings. The quantitative estimate of drug-likeness (QED) is 0.888. The summed E-state index contributed by atoms with van der Waals surface area (Å²) in [4.78, 5) is 5.83. The minimum absolute atomic E-state index is 0.620. The molecule has 1 N–H and O–H groups in total. The van der Waals surface area contributed by atoms with Crippen LogP contribution in [0.3, 0.4) is 0 Å². The molecule has 0 unspecified atom stereocenters. The van der Waals surface area contributed by atoms with Gasteiger partial charge in [0.15, 0.2) is 0 Å². The zero-order valence-electron chi connectivity index (χ0n) is 10.9. The van der Waals surface area contributed by atoms with Gasteiger partial charge in [0.1, 0.15) is 0 Å². The van der Waals surface area contributed by atoms with E-state index in [9.17, 15) is 0 Å². The molecule has 5 heteroatoms. The van der Waals surface area contributed by atoms with Crippen LogP contribution in [0.1, 0.15) is 24.4 Å². The largest absolute Gasteiger partial charge is 0.351 e. The summed E-state index contributed by atoms with van der Waals surface area (Å²) in [6, 6.07) is 2.14.